The van der Waals surface area contributed by atoms with Crippen molar-refractivity contribution in [3.63, 3.8) is 0 Å². The Morgan fingerprint density at radius 2 is 0.867 bits per heavy atom. The van der Waals surface area contributed by atoms with E-state index in [1.54, 1.807) is 0 Å². The summed E-state index contributed by atoms with van der Waals surface area (Å²) in [6.45, 7) is 23.4. The maximum absolute atomic E-state index is 9.41. The Labute approximate surface area is 370 Å². The van der Waals surface area contributed by atoms with Crippen molar-refractivity contribution in [1.29, 1.82) is 0 Å². The molecule has 2 unspecified atom stereocenters. The van der Waals surface area contributed by atoms with Gasteiger partial charge in [0.1, 0.15) is 0 Å². The van der Waals surface area contributed by atoms with Crippen LogP contribution in [0.2, 0.25) is 0 Å². The van der Waals surface area contributed by atoms with E-state index < -0.39 is 25.9 Å². The van der Waals surface area contributed by atoms with Gasteiger partial charge in [-0.15, -0.1) is 0 Å². The molecule has 0 N–H and O–H groups in total. The molecule has 3 aliphatic rings. The number of halogens is 2. The topological polar surface area (TPSA) is 0 Å². The van der Waals surface area contributed by atoms with Crippen LogP contribution in [0.15, 0.2) is 139 Å². The van der Waals surface area contributed by atoms with Gasteiger partial charge < -0.3 is 0 Å². The van der Waals surface area contributed by atoms with E-state index in [2.05, 4.69) is 209 Å². The molecule has 6 aromatic carbocycles. The molecule has 6 aromatic rings. The second kappa shape index (κ2) is 14.8. The van der Waals surface area contributed by atoms with Crippen LogP contribution in [0, 0.1) is 11.8 Å². The first-order valence-electron chi connectivity index (χ1n) is 22.1. The molecule has 2 atom stereocenters. The minimum atomic E-state index is -5.70. The Bertz CT molecular complexity index is 2630. The van der Waals surface area contributed by atoms with Crippen molar-refractivity contribution < 1.29 is 16.4 Å². The van der Waals surface area contributed by atoms with Crippen molar-refractivity contribution in [1.82, 2.24) is 0 Å². The average Bonchev–Trinajstić information content (AvgIpc) is 3.93. The number of rotatable bonds is 7. The van der Waals surface area contributed by atoms with Gasteiger partial charge in [-0.2, -0.15) is 0 Å². The van der Waals surface area contributed by atoms with Crippen LogP contribution in [0.3, 0.4) is 0 Å². The summed E-state index contributed by atoms with van der Waals surface area (Å²) in [4.78, 5) is 0. The summed E-state index contributed by atoms with van der Waals surface area (Å²) in [6.07, 6.45) is 5.05. The Morgan fingerprint density at radius 3 is 1.33 bits per heavy atom. The van der Waals surface area contributed by atoms with Crippen LogP contribution < -0.4 is 13.6 Å². The zero-order valence-electron chi connectivity index (χ0n) is 37.1. The standard InChI is InChI=1S/2C22H25.C12H9Si.2ClH.Zr/c2*1-15(2)17-13-16-9-8-11-18(20(16)14-17)19-10-6-7-12-21(19)22(3,4)5;1-3-7-11-9(5-1)10-6-2-4-8-12(10)13-11;;;/h2*6-15H,1-5H3;1-7H,13H2;2*1H;/q;;;;;+2/p-2. The van der Waals surface area contributed by atoms with Crippen LogP contribution in [0.1, 0.15) is 110 Å². The average molecular weight is 922 g/mol. The van der Waals surface area contributed by atoms with Gasteiger partial charge >= 0.3 is 373 Å². The molecular formula is C56H59Cl2SiZr. The molecular weight excluding hydrogens is 863 g/mol. The summed E-state index contributed by atoms with van der Waals surface area (Å²) < 4.78 is 1.04. The molecule has 0 saturated heterocycles. The molecule has 60 heavy (non-hydrogen) atoms. The fraction of sp³-hybridized carbons (Fsp3) is 0.286. The first-order chi connectivity index (χ1) is 28.4. The van der Waals surface area contributed by atoms with E-state index in [0.29, 0.717) is 0 Å². The summed E-state index contributed by atoms with van der Waals surface area (Å²) >= 11 is -5.70. The molecule has 0 bridgehead atoms. The first-order valence-corrected chi connectivity index (χ1v) is 33.9. The summed E-state index contributed by atoms with van der Waals surface area (Å²) in [5.74, 6) is 0.476. The number of benzene rings is 6. The van der Waals surface area contributed by atoms with E-state index in [0.717, 1.165) is 0 Å². The zero-order chi connectivity index (χ0) is 42.5. The van der Waals surface area contributed by atoms with Gasteiger partial charge in [0.05, 0.1) is 0 Å². The van der Waals surface area contributed by atoms with Gasteiger partial charge in [0.2, 0.25) is 0 Å². The molecule has 0 nitrogen and oxygen atoms in total. The van der Waals surface area contributed by atoms with Crippen LogP contribution in [0.25, 0.3) is 45.5 Å². The molecule has 305 valence electrons. The second-order valence-corrected chi connectivity index (χ2v) is 42.9. The van der Waals surface area contributed by atoms with Gasteiger partial charge in [-0.25, -0.2) is 0 Å². The number of hydrogen-bond donors (Lipinski definition) is 0. The van der Waals surface area contributed by atoms with E-state index in [9.17, 15) is 17.0 Å². The van der Waals surface area contributed by atoms with Gasteiger partial charge in [-0.05, 0) is 0 Å². The van der Waals surface area contributed by atoms with Gasteiger partial charge in [0.25, 0.3) is 0 Å². The predicted molar refractivity (Wildman–Crippen MR) is 263 cm³/mol. The van der Waals surface area contributed by atoms with E-state index >= 15 is 0 Å². The SMILES string of the molecule is CC(C)C1=Cc2c(-c3ccccc3C(C)(C)C)cccc2[CH]1[Zr]([Cl])([Cl])([c]1cccc2c1[SiH2]c1ccccc1-2)[CH]1C(C(C)C)=Cc2c(-c3ccccc3C(C)(C)C)cccc21. The van der Waals surface area contributed by atoms with Gasteiger partial charge in [0.15, 0.2) is 0 Å². The molecule has 0 fully saturated rings. The number of allylic oxidation sites excluding steroid dienone is 2. The quantitative estimate of drug-likeness (QED) is 0.140. The second-order valence-electron chi connectivity index (χ2n) is 20.5. The Balaban J connectivity index is 1.38. The molecule has 0 aromatic heterocycles. The van der Waals surface area contributed by atoms with Crippen molar-refractivity contribution >= 4 is 52.3 Å². The van der Waals surface area contributed by atoms with Crippen LogP contribution in [-0.4, -0.2) is 9.52 Å². The molecule has 0 saturated carbocycles. The number of fused-ring (bicyclic) bond motifs is 5. The number of hydrogen-bond acceptors (Lipinski definition) is 0. The van der Waals surface area contributed by atoms with Gasteiger partial charge in [-0.1, -0.05) is 0 Å². The third kappa shape index (κ3) is 6.45. The van der Waals surface area contributed by atoms with Crippen LogP contribution in [-0.2, 0) is 27.2 Å². The Morgan fingerprint density at radius 1 is 0.467 bits per heavy atom. The molecule has 0 spiro atoms. The summed E-state index contributed by atoms with van der Waals surface area (Å²) in [7, 11) is 17.9. The Hall–Kier alpha value is -3.52. The third-order valence-corrected chi connectivity index (χ3v) is 36.6. The van der Waals surface area contributed by atoms with Gasteiger partial charge in [-0.3, -0.25) is 0 Å². The molecule has 2 aliphatic carbocycles. The Kier molecular flexibility index (Phi) is 10.3. The monoisotopic (exact) mass is 919 g/mol. The van der Waals surface area contributed by atoms with Crippen LogP contribution in [0.5, 0.6) is 0 Å². The van der Waals surface area contributed by atoms with Crippen molar-refractivity contribution in [2.24, 2.45) is 11.8 Å². The predicted octanol–water partition coefficient (Wildman–Crippen LogP) is 13.9. The van der Waals surface area contributed by atoms with E-state index in [1.165, 1.54) is 91.6 Å². The van der Waals surface area contributed by atoms with Crippen molar-refractivity contribution in [3.8, 4) is 33.4 Å². The molecule has 0 radical (unpaired) electrons. The molecule has 1 aliphatic heterocycles. The maximum atomic E-state index is 9.41. The molecule has 9 rings (SSSR count). The van der Waals surface area contributed by atoms with Crippen LogP contribution >= 0.6 is 17.0 Å². The van der Waals surface area contributed by atoms with E-state index in [1.807, 2.05) is 0 Å². The van der Waals surface area contributed by atoms with Crippen molar-refractivity contribution in [3.05, 3.63) is 172 Å². The molecule has 1 heterocycles. The normalized spacial score (nSPS) is 18.2. The summed E-state index contributed by atoms with van der Waals surface area (Å²) in [5.41, 5.74) is 18.4. The third-order valence-electron chi connectivity index (χ3n) is 14.0. The van der Waals surface area contributed by atoms with Crippen molar-refractivity contribution in [2.75, 3.05) is 0 Å². The fourth-order valence-electron chi connectivity index (χ4n) is 11.3. The van der Waals surface area contributed by atoms with Crippen molar-refractivity contribution in [2.45, 2.75) is 87.3 Å². The zero-order valence-corrected chi connectivity index (χ0v) is 42.4. The van der Waals surface area contributed by atoms with Crippen LogP contribution in [0.4, 0.5) is 0 Å². The first kappa shape index (κ1) is 41.8. The summed E-state index contributed by atoms with van der Waals surface area (Å²) in [5, 5.41) is 2.96. The van der Waals surface area contributed by atoms with E-state index in [4.69, 9.17) is 0 Å². The van der Waals surface area contributed by atoms with Gasteiger partial charge in [0, 0.05) is 0 Å². The van der Waals surface area contributed by atoms with E-state index in [-0.39, 0.29) is 29.9 Å². The minimum absolute atomic E-state index is 0.0247. The molecule has 0 amide bonds. The summed E-state index contributed by atoms with van der Waals surface area (Å²) in [6, 6.07) is 48.1. The fourth-order valence-corrected chi connectivity index (χ4v) is 39.6. The molecule has 4 heteroatoms.